The third kappa shape index (κ3) is 3.26. The van der Waals surface area contributed by atoms with Gasteiger partial charge in [0.15, 0.2) is 0 Å². The van der Waals surface area contributed by atoms with Crippen molar-refractivity contribution < 1.29 is 0 Å². The summed E-state index contributed by atoms with van der Waals surface area (Å²) in [7, 11) is 0. The standard InChI is InChI=1S/C15H20N2S/c1-10-4-6-13(16)9-15(10)17-11(2)8-14-7-5-12(3)18-14/h4-7,9,11,17H,8,16H2,1-3H3. The molecule has 1 unspecified atom stereocenters. The molecular formula is C15H20N2S. The molecule has 0 amide bonds. The number of nitrogens with one attached hydrogen (secondary N) is 1. The molecule has 1 aromatic heterocycles. The molecule has 96 valence electrons. The number of rotatable bonds is 4. The molecule has 0 aliphatic carbocycles. The highest BCUT2D eigenvalue weighted by atomic mass is 32.1. The van der Waals surface area contributed by atoms with Gasteiger partial charge >= 0.3 is 0 Å². The molecule has 2 nitrogen and oxygen atoms in total. The third-order valence-electron chi connectivity index (χ3n) is 2.97. The van der Waals surface area contributed by atoms with E-state index in [0.29, 0.717) is 6.04 Å². The molecule has 0 aliphatic rings. The average molecular weight is 260 g/mol. The minimum Gasteiger partial charge on any atom is -0.399 e. The van der Waals surface area contributed by atoms with E-state index in [-0.39, 0.29) is 0 Å². The second-order valence-electron chi connectivity index (χ2n) is 4.84. The first-order valence-electron chi connectivity index (χ1n) is 6.22. The highest BCUT2D eigenvalue weighted by Gasteiger charge is 2.07. The number of hydrogen-bond donors (Lipinski definition) is 2. The molecule has 3 heteroatoms. The topological polar surface area (TPSA) is 38.0 Å². The second-order valence-corrected chi connectivity index (χ2v) is 6.21. The highest BCUT2D eigenvalue weighted by molar-refractivity contribution is 7.11. The van der Waals surface area contributed by atoms with Crippen molar-refractivity contribution in [3.63, 3.8) is 0 Å². The average Bonchev–Trinajstić information content (AvgIpc) is 2.69. The van der Waals surface area contributed by atoms with Crippen molar-refractivity contribution in [3.8, 4) is 0 Å². The van der Waals surface area contributed by atoms with Crippen LogP contribution in [0.15, 0.2) is 30.3 Å². The van der Waals surface area contributed by atoms with Crippen molar-refractivity contribution in [2.24, 2.45) is 0 Å². The first-order chi connectivity index (χ1) is 8.54. The van der Waals surface area contributed by atoms with Gasteiger partial charge in [-0.3, -0.25) is 0 Å². The Morgan fingerprint density at radius 3 is 2.67 bits per heavy atom. The van der Waals surface area contributed by atoms with Gasteiger partial charge in [0.2, 0.25) is 0 Å². The van der Waals surface area contributed by atoms with Gasteiger partial charge in [-0.25, -0.2) is 0 Å². The van der Waals surface area contributed by atoms with Crippen LogP contribution in [0.25, 0.3) is 0 Å². The first-order valence-corrected chi connectivity index (χ1v) is 7.04. The summed E-state index contributed by atoms with van der Waals surface area (Å²) < 4.78 is 0. The van der Waals surface area contributed by atoms with Gasteiger partial charge in [-0.2, -0.15) is 0 Å². The molecule has 1 aromatic carbocycles. The zero-order chi connectivity index (χ0) is 13.1. The second kappa shape index (κ2) is 5.44. The molecule has 18 heavy (non-hydrogen) atoms. The van der Waals surface area contributed by atoms with Gasteiger partial charge in [0.1, 0.15) is 0 Å². The van der Waals surface area contributed by atoms with Crippen LogP contribution in [0.4, 0.5) is 11.4 Å². The predicted octanol–water partition coefficient (Wildman–Crippen LogP) is 3.99. The Kier molecular flexibility index (Phi) is 3.92. The van der Waals surface area contributed by atoms with E-state index in [1.54, 1.807) is 0 Å². The van der Waals surface area contributed by atoms with Crippen molar-refractivity contribution in [2.75, 3.05) is 11.1 Å². The molecule has 1 atom stereocenters. The van der Waals surface area contributed by atoms with Crippen molar-refractivity contribution in [2.45, 2.75) is 33.2 Å². The Balaban J connectivity index is 2.02. The maximum absolute atomic E-state index is 5.82. The maximum atomic E-state index is 5.82. The van der Waals surface area contributed by atoms with E-state index < -0.39 is 0 Å². The van der Waals surface area contributed by atoms with E-state index in [1.165, 1.54) is 15.3 Å². The summed E-state index contributed by atoms with van der Waals surface area (Å²) in [6.45, 7) is 6.45. The van der Waals surface area contributed by atoms with Crippen molar-refractivity contribution >= 4 is 22.7 Å². The number of nitrogen functional groups attached to an aromatic ring is 1. The van der Waals surface area contributed by atoms with Crippen LogP contribution in [0.1, 0.15) is 22.2 Å². The van der Waals surface area contributed by atoms with E-state index in [4.69, 9.17) is 5.73 Å². The molecule has 0 saturated heterocycles. The quantitative estimate of drug-likeness (QED) is 0.816. The van der Waals surface area contributed by atoms with Crippen LogP contribution in [0.5, 0.6) is 0 Å². The van der Waals surface area contributed by atoms with Gasteiger partial charge < -0.3 is 11.1 Å². The van der Waals surface area contributed by atoms with Crippen LogP contribution in [0.2, 0.25) is 0 Å². The van der Waals surface area contributed by atoms with Crippen molar-refractivity contribution in [3.05, 3.63) is 45.6 Å². The summed E-state index contributed by atoms with van der Waals surface area (Å²) >= 11 is 1.87. The lowest BCUT2D eigenvalue weighted by molar-refractivity contribution is 0.799. The van der Waals surface area contributed by atoms with Gasteiger partial charge in [0.05, 0.1) is 0 Å². The summed E-state index contributed by atoms with van der Waals surface area (Å²) in [5, 5.41) is 3.54. The molecule has 0 fully saturated rings. The molecule has 1 heterocycles. The summed E-state index contributed by atoms with van der Waals surface area (Å²) in [6.07, 6.45) is 1.05. The predicted molar refractivity (Wildman–Crippen MR) is 81.4 cm³/mol. The van der Waals surface area contributed by atoms with E-state index in [2.05, 4.69) is 44.3 Å². The molecule has 0 spiro atoms. The maximum Gasteiger partial charge on any atom is 0.0392 e. The summed E-state index contributed by atoms with van der Waals surface area (Å²) in [5.74, 6) is 0. The molecule has 2 aromatic rings. The number of benzene rings is 1. The number of thiophene rings is 1. The Labute approximate surface area is 113 Å². The smallest absolute Gasteiger partial charge is 0.0392 e. The van der Waals surface area contributed by atoms with Crippen LogP contribution < -0.4 is 11.1 Å². The van der Waals surface area contributed by atoms with Crippen LogP contribution in [0, 0.1) is 13.8 Å². The Bertz CT molecular complexity index is 531. The van der Waals surface area contributed by atoms with Gasteiger partial charge in [-0.15, -0.1) is 11.3 Å². The molecule has 0 radical (unpaired) electrons. The van der Waals surface area contributed by atoms with Gasteiger partial charge in [-0.1, -0.05) is 6.07 Å². The highest BCUT2D eigenvalue weighted by Crippen LogP contribution is 2.21. The van der Waals surface area contributed by atoms with Gasteiger partial charge in [0.25, 0.3) is 0 Å². The Morgan fingerprint density at radius 1 is 1.22 bits per heavy atom. The molecule has 0 bridgehead atoms. The van der Waals surface area contributed by atoms with E-state index in [1.807, 2.05) is 23.5 Å². The summed E-state index contributed by atoms with van der Waals surface area (Å²) in [6, 6.07) is 10.8. The Morgan fingerprint density at radius 2 is 2.00 bits per heavy atom. The SMILES string of the molecule is Cc1ccc(CC(C)Nc2cc(N)ccc2C)s1. The lowest BCUT2D eigenvalue weighted by Gasteiger charge is -2.16. The molecule has 2 rings (SSSR count). The molecule has 0 aliphatic heterocycles. The van der Waals surface area contributed by atoms with Crippen LogP contribution >= 0.6 is 11.3 Å². The van der Waals surface area contributed by atoms with E-state index in [9.17, 15) is 0 Å². The molecule has 3 N–H and O–H groups in total. The monoisotopic (exact) mass is 260 g/mol. The lowest BCUT2D eigenvalue weighted by atomic mass is 10.1. The van der Waals surface area contributed by atoms with Gasteiger partial charge in [-0.05, 0) is 50.6 Å². The normalized spacial score (nSPS) is 12.4. The van der Waals surface area contributed by atoms with Crippen LogP contribution in [-0.2, 0) is 6.42 Å². The summed E-state index contributed by atoms with van der Waals surface area (Å²) in [5.41, 5.74) is 9.00. The number of hydrogen-bond acceptors (Lipinski definition) is 3. The first kappa shape index (κ1) is 13.0. The third-order valence-corrected chi connectivity index (χ3v) is 3.99. The summed E-state index contributed by atoms with van der Waals surface area (Å²) in [4.78, 5) is 2.80. The van der Waals surface area contributed by atoms with E-state index >= 15 is 0 Å². The number of aryl methyl sites for hydroxylation is 2. The van der Waals surface area contributed by atoms with Crippen LogP contribution in [0.3, 0.4) is 0 Å². The Hall–Kier alpha value is -1.48. The van der Waals surface area contributed by atoms with Gasteiger partial charge in [0, 0.05) is 33.6 Å². The number of anilines is 2. The lowest BCUT2D eigenvalue weighted by Crippen LogP contribution is -2.18. The molecular weight excluding hydrogens is 240 g/mol. The zero-order valence-electron chi connectivity index (χ0n) is 11.2. The van der Waals surface area contributed by atoms with E-state index in [0.717, 1.165) is 17.8 Å². The fourth-order valence-electron chi connectivity index (χ4n) is 2.01. The number of nitrogens with two attached hydrogens (primary N) is 1. The molecule has 0 saturated carbocycles. The minimum atomic E-state index is 0.406. The van der Waals surface area contributed by atoms with Crippen molar-refractivity contribution in [1.29, 1.82) is 0 Å². The fraction of sp³-hybridized carbons (Fsp3) is 0.333. The van der Waals surface area contributed by atoms with Crippen molar-refractivity contribution in [1.82, 2.24) is 0 Å². The minimum absolute atomic E-state index is 0.406. The fourth-order valence-corrected chi connectivity index (χ4v) is 3.03. The zero-order valence-corrected chi connectivity index (χ0v) is 12.0. The van der Waals surface area contributed by atoms with Crippen LogP contribution in [-0.4, -0.2) is 6.04 Å². The largest absolute Gasteiger partial charge is 0.399 e.